The molecule has 0 unspecified atom stereocenters. The van der Waals surface area contributed by atoms with Crippen molar-refractivity contribution < 1.29 is 9.53 Å². The first-order valence-corrected chi connectivity index (χ1v) is 8.31. The van der Waals surface area contributed by atoms with Crippen LogP contribution >= 0.6 is 31.9 Å². The van der Waals surface area contributed by atoms with E-state index in [0.29, 0.717) is 13.2 Å². The summed E-state index contributed by atoms with van der Waals surface area (Å²) in [5.74, 6) is 0.792. The minimum Gasteiger partial charge on any atom is -0.381 e. The molecule has 0 atom stereocenters. The Balaban J connectivity index is 1.60. The van der Waals surface area contributed by atoms with Gasteiger partial charge in [-0.3, -0.25) is 0 Å². The normalized spacial score (nSPS) is 14.1. The van der Waals surface area contributed by atoms with Gasteiger partial charge in [-0.15, -0.1) is 0 Å². The average Bonchev–Trinajstić information content (AvgIpc) is 3.22. The van der Waals surface area contributed by atoms with Crippen molar-refractivity contribution in [3.63, 3.8) is 0 Å². The van der Waals surface area contributed by atoms with Crippen LogP contribution in [0.5, 0.6) is 0 Å². The average molecular weight is 406 g/mol. The summed E-state index contributed by atoms with van der Waals surface area (Å²) in [4.78, 5) is 11.7. The maximum atomic E-state index is 11.7. The van der Waals surface area contributed by atoms with Crippen molar-refractivity contribution in [2.45, 2.75) is 19.3 Å². The number of benzene rings is 1. The van der Waals surface area contributed by atoms with Gasteiger partial charge in [-0.05, 0) is 59.3 Å². The Kier molecular flexibility index (Phi) is 6.32. The summed E-state index contributed by atoms with van der Waals surface area (Å²) in [7, 11) is 0. The lowest BCUT2D eigenvalue weighted by Gasteiger charge is -2.09. The fourth-order valence-corrected chi connectivity index (χ4v) is 2.38. The van der Waals surface area contributed by atoms with E-state index in [1.807, 2.05) is 18.2 Å². The van der Waals surface area contributed by atoms with Gasteiger partial charge in [0.05, 0.1) is 5.69 Å². The lowest BCUT2D eigenvalue weighted by molar-refractivity contribution is 0.122. The Morgan fingerprint density at radius 2 is 2.15 bits per heavy atom. The number of hydrogen-bond donors (Lipinski definition) is 2. The van der Waals surface area contributed by atoms with Crippen LogP contribution in [0.3, 0.4) is 0 Å². The molecule has 1 aliphatic rings. The number of ether oxygens (including phenoxy) is 1. The van der Waals surface area contributed by atoms with Crippen molar-refractivity contribution in [1.82, 2.24) is 5.32 Å². The predicted molar refractivity (Wildman–Crippen MR) is 87.0 cm³/mol. The topological polar surface area (TPSA) is 50.4 Å². The highest BCUT2D eigenvalue weighted by molar-refractivity contribution is 9.11. The van der Waals surface area contributed by atoms with Gasteiger partial charge in [-0.25, -0.2) is 4.79 Å². The van der Waals surface area contributed by atoms with Crippen LogP contribution in [-0.4, -0.2) is 25.8 Å². The molecule has 0 radical (unpaired) electrons. The number of urea groups is 1. The van der Waals surface area contributed by atoms with Crippen LogP contribution in [0.15, 0.2) is 27.1 Å². The molecule has 110 valence electrons. The van der Waals surface area contributed by atoms with Crippen molar-refractivity contribution >= 4 is 43.6 Å². The van der Waals surface area contributed by atoms with Gasteiger partial charge in [0.25, 0.3) is 0 Å². The molecule has 2 N–H and O–H groups in total. The lowest BCUT2D eigenvalue weighted by Crippen LogP contribution is -2.30. The third kappa shape index (κ3) is 5.81. The van der Waals surface area contributed by atoms with Gasteiger partial charge in [0.2, 0.25) is 0 Å². The summed E-state index contributed by atoms with van der Waals surface area (Å²) < 4.78 is 7.28. The zero-order valence-electron chi connectivity index (χ0n) is 11.1. The van der Waals surface area contributed by atoms with E-state index in [1.165, 1.54) is 12.8 Å². The molecular weight excluding hydrogens is 388 g/mol. The van der Waals surface area contributed by atoms with E-state index in [0.717, 1.165) is 33.6 Å². The summed E-state index contributed by atoms with van der Waals surface area (Å²) >= 11 is 6.77. The fourth-order valence-electron chi connectivity index (χ4n) is 1.67. The van der Waals surface area contributed by atoms with Crippen LogP contribution in [0, 0.1) is 5.92 Å². The Morgan fingerprint density at radius 3 is 2.90 bits per heavy atom. The van der Waals surface area contributed by atoms with Gasteiger partial charge in [0, 0.05) is 28.7 Å². The molecule has 1 aromatic rings. The van der Waals surface area contributed by atoms with Crippen molar-refractivity contribution in [2.75, 3.05) is 25.1 Å². The number of rotatable bonds is 7. The Morgan fingerprint density at radius 1 is 1.35 bits per heavy atom. The first-order valence-electron chi connectivity index (χ1n) is 6.73. The fraction of sp³-hybridized carbons (Fsp3) is 0.500. The lowest BCUT2D eigenvalue weighted by atomic mass is 10.3. The second-order valence-corrected chi connectivity index (χ2v) is 6.65. The molecule has 2 amide bonds. The first-order chi connectivity index (χ1) is 9.65. The van der Waals surface area contributed by atoms with Crippen molar-refractivity contribution in [3.05, 3.63) is 27.1 Å². The largest absolute Gasteiger partial charge is 0.381 e. The maximum absolute atomic E-state index is 11.7. The number of anilines is 1. The van der Waals surface area contributed by atoms with Gasteiger partial charge >= 0.3 is 6.03 Å². The predicted octanol–water partition coefficient (Wildman–Crippen LogP) is 4.15. The number of hydrogen-bond acceptors (Lipinski definition) is 2. The highest BCUT2D eigenvalue weighted by Crippen LogP contribution is 2.28. The molecule has 0 heterocycles. The minimum atomic E-state index is -0.203. The van der Waals surface area contributed by atoms with Crippen molar-refractivity contribution in [2.24, 2.45) is 5.92 Å². The Bertz CT molecular complexity index is 464. The number of carbonyl (C=O) groups is 1. The van der Waals surface area contributed by atoms with Crippen molar-refractivity contribution in [3.8, 4) is 0 Å². The molecule has 6 heteroatoms. The molecule has 1 aromatic carbocycles. The molecule has 0 spiro atoms. The van der Waals surface area contributed by atoms with E-state index < -0.39 is 0 Å². The van der Waals surface area contributed by atoms with Gasteiger partial charge in [-0.2, -0.15) is 0 Å². The van der Waals surface area contributed by atoms with Gasteiger partial charge in [0.1, 0.15) is 0 Å². The Labute approximate surface area is 135 Å². The molecule has 1 fully saturated rings. The zero-order chi connectivity index (χ0) is 14.4. The van der Waals surface area contributed by atoms with Gasteiger partial charge in [-0.1, -0.05) is 15.9 Å². The highest BCUT2D eigenvalue weighted by atomic mass is 79.9. The summed E-state index contributed by atoms with van der Waals surface area (Å²) in [6.07, 6.45) is 3.45. The second kappa shape index (κ2) is 8.00. The Hall–Kier alpha value is -0.590. The number of nitrogens with one attached hydrogen (secondary N) is 2. The van der Waals surface area contributed by atoms with Crippen LogP contribution < -0.4 is 10.6 Å². The number of halogens is 2. The molecule has 0 bridgehead atoms. The van der Waals surface area contributed by atoms with E-state index in [-0.39, 0.29) is 6.03 Å². The molecule has 0 saturated heterocycles. The summed E-state index contributed by atoms with van der Waals surface area (Å²) in [6.45, 7) is 2.19. The third-order valence-corrected chi connectivity index (χ3v) is 4.16. The van der Waals surface area contributed by atoms with Crippen molar-refractivity contribution in [1.29, 1.82) is 0 Å². The zero-order valence-corrected chi connectivity index (χ0v) is 14.3. The number of amides is 2. The standard InChI is InChI=1S/C14H18Br2N2O2/c15-11-4-5-12(16)13(8-11)18-14(19)17-6-1-7-20-9-10-2-3-10/h4-5,8,10H,1-3,6-7,9H2,(H2,17,18,19). The number of carbonyl (C=O) groups excluding carboxylic acids is 1. The monoisotopic (exact) mass is 404 g/mol. The van der Waals surface area contributed by atoms with Crippen LogP contribution in [0.2, 0.25) is 0 Å². The first kappa shape index (κ1) is 15.8. The second-order valence-electron chi connectivity index (χ2n) is 4.88. The van der Waals surface area contributed by atoms with Crippen LogP contribution in [0.25, 0.3) is 0 Å². The van der Waals surface area contributed by atoms with E-state index in [1.54, 1.807) is 0 Å². The summed E-state index contributed by atoms with van der Waals surface area (Å²) in [5, 5.41) is 5.62. The molecule has 0 aromatic heterocycles. The quantitative estimate of drug-likeness (QED) is 0.669. The van der Waals surface area contributed by atoms with Crippen LogP contribution in [0.4, 0.5) is 10.5 Å². The molecule has 0 aliphatic heterocycles. The third-order valence-electron chi connectivity index (χ3n) is 2.98. The minimum absolute atomic E-state index is 0.203. The van der Waals surface area contributed by atoms with E-state index in [4.69, 9.17) is 4.74 Å². The van der Waals surface area contributed by atoms with Crippen LogP contribution in [0.1, 0.15) is 19.3 Å². The molecule has 1 saturated carbocycles. The molecule has 1 aliphatic carbocycles. The SMILES string of the molecule is O=C(NCCCOCC1CC1)Nc1cc(Br)ccc1Br. The smallest absolute Gasteiger partial charge is 0.319 e. The van der Waals surface area contributed by atoms with E-state index in [9.17, 15) is 4.79 Å². The molecule has 4 nitrogen and oxygen atoms in total. The van der Waals surface area contributed by atoms with Gasteiger partial charge < -0.3 is 15.4 Å². The molecule has 2 rings (SSSR count). The van der Waals surface area contributed by atoms with Gasteiger partial charge in [0.15, 0.2) is 0 Å². The summed E-state index contributed by atoms with van der Waals surface area (Å²) in [6, 6.07) is 5.43. The molecule has 20 heavy (non-hydrogen) atoms. The highest BCUT2D eigenvalue weighted by Gasteiger charge is 2.20. The summed E-state index contributed by atoms with van der Waals surface area (Å²) in [5.41, 5.74) is 0.738. The molecular formula is C14H18Br2N2O2. The van der Waals surface area contributed by atoms with E-state index in [2.05, 4.69) is 42.5 Å². The maximum Gasteiger partial charge on any atom is 0.319 e. The van der Waals surface area contributed by atoms with E-state index >= 15 is 0 Å². The van der Waals surface area contributed by atoms with Crippen LogP contribution in [-0.2, 0) is 4.74 Å².